The number of nitrogens with zero attached hydrogens (tertiary/aromatic N) is 2. The number of aromatic nitrogens is 2. The Bertz CT molecular complexity index is 1300. The Hall–Kier alpha value is -3.42. The minimum atomic E-state index is -3.25. The summed E-state index contributed by atoms with van der Waals surface area (Å²) in [4.78, 5) is 0.289. The van der Waals surface area contributed by atoms with Crippen molar-refractivity contribution >= 4 is 9.84 Å². The second-order valence-corrected chi connectivity index (χ2v) is 10.2. The number of hydrogen-bond acceptors (Lipinski definition) is 5. The fraction of sp³-hybridized carbons (Fsp3) is 0.222. The summed E-state index contributed by atoms with van der Waals surface area (Å²) in [6.45, 7) is 2.94. The molecule has 0 amide bonds. The fourth-order valence-electron chi connectivity index (χ4n) is 3.56. The van der Waals surface area contributed by atoms with Crippen molar-refractivity contribution in [1.29, 1.82) is 0 Å². The largest absolute Gasteiger partial charge is 0.491 e. The zero-order chi connectivity index (χ0) is 24.0. The Labute approximate surface area is 200 Å². The smallest absolute Gasteiger partial charge is 0.175 e. The fourth-order valence-corrected chi connectivity index (χ4v) is 4.19. The van der Waals surface area contributed by atoms with E-state index in [0.717, 1.165) is 34.8 Å². The van der Waals surface area contributed by atoms with Gasteiger partial charge in [-0.1, -0.05) is 48.5 Å². The maximum absolute atomic E-state index is 11.8. The lowest BCUT2D eigenvalue weighted by Crippen LogP contribution is -2.14. The van der Waals surface area contributed by atoms with Gasteiger partial charge in [0.25, 0.3) is 0 Å². The highest BCUT2D eigenvalue weighted by molar-refractivity contribution is 7.90. The molecule has 0 radical (unpaired) electrons. The number of sulfone groups is 1. The summed E-state index contributed by atoms with van der Waals surface area (Å²) in [5.74, 6) is 0.850. The first-order valence-corrected chi connectivity index (χ1v) is 13.0. The van der Waals surface area contributed by atoms with Crippen LogP contribution in [0.1, 0.15) is 19.0 Å². The number of rotatable bonds is 10. The summed E-state index contributed by atoms with van der Waals surface area (Å²) in [6.07, 6.45) is 2.00. The molecule has 0 aliphatic rings. The Morgan fingerprint density at radius 3 is 2.21 bits per heavy atom. The van der Waals surface area contributed by atoms with Crippen LogP contribution in [-0.4, -0.2) is 37.2 Å². The van der Waals surface area contributed by atoms with E-state index in [1.54, 1.807) is 24.3 Å². The van der Waals surface area contributed by atoms with Gasteiger partial charge in [0.1, 0.15) is 5.75 Å². The molecule has 1 atom stereocenters. The van der Waals surface area contributed by atoms with Crippen LogP contribution in [0.25, 0.3) is 16.9 Å². The number of ether oxygens (including phenoxy) is 2. The normalized spacial score (nSPS) is 12.4. The number of para-hydroxylation sites is 2. The van der Waals surface area contributed by atoms with Crippen molar-refractivity contribution in [3.05, 3.63) is 96.7 Å². The molecule has 1 unspecified atom stereocenters. The van der Waals surface area contributed by atoms with Gasteiger partial charge in [-0.2, -0.15) is 5.10 Å². The molecule has 176 valence electrons. The highest BCUT2D eigenvalue weighted by Gasteiger charge is 2.14. The van der Waals surface area contributed by atoms with Crippen LogP contribution >= 0.6 is 0 Å². The Morgan fingerprint density at radius 1 is 0.912 bits per heavy atom. The maximum atomic E-state index is 11.8. The Kier molecular flexibility index (Phi) is 7.45. The molecule has 0 saturated carbocycles. The van der Waals surface area contributed by atoms with Crippen LogP contribution in [0, 0.1) is 0 Å². The number of benzene rings is 3. The Morgan fingerprint density at radius 2 is 1.56 bits per heavy atom. The van der Waals surface area contributed by atoms with Crippen molar-refractivity contribution in [3.63, 3.8) is 0 Å². The van der Waals surface area contributed by atoms with Gasteiger partial charge in [0.05, 0.1) is 41.3 Å². The SMILES string of the molecule is CC(CCOCc1cc(-c2ccc(S(C)(=O)=O)cc2)n(-c2ccccc2)n1)Oc1ccccc1. The summed E-state index contributed by atoms with van der Waals surface area (Å²) in [5.41, 5.74) is 3.45. The van der Waals surface area contributed by atoms with Crippen LogP contribution in [0.5, 0.6) is 5.75 Å². The molecule has 4 aromatic rings. The summed E-state index contributed by atoms with van der Waals surface area (Å²) < 4.78 is 37.3. The van der Waals surface area contributed by atoms with Gasteiger partial charge in [-0.3, -0.25) is 0 Å². The first-order valence-electron chi connectivity index (χ1n) is 11.1. The molecule has 0 spiro atoms. The second kappa shape index (κ2) is 10.7. The molecule has 0 N–H and O–H groups in total. The van der Waals surface area contributed by atoms with Crippen molar-refractivity contribution in [2.24, 2.45) is 0 Å². The van der Waals surface area contributed by atoms with Gasteiger partial charge in [-0.25, -0.2) is 13.1 Å². The van der Waals surface area contributed by atoms with Gasteiger partial charge in [0.15, 0.2) is 9.84 Å². The van der Waals surface area contributed by atoms with Crippen molar-refractivity contribution in [3.8, 4) is 22.7 Å². The van der Waals surface area contributed by atoms with E-state index in [2.05, 4.69) is 0 Å². The molecule has 1 heterocycles. The molecule has 0 aliphatic heterocycles. The molecular formula is C27H28N2O4S. The molecule has 0 fully saturated rings. The van der Waals surface area contributed by atoms with Gasteiger partial charge in [-0.15, -0.1) is 0 Å². The summed E-state index contributed by atoms with van der Waals surface area (Å²) >= 11 is 0. The van der Waals surface area contributed by atoms with E-state index in [9.17, 15) is 8.42 Å². The minimum absolute atomic E-state index is 0.0354. The molecule has 7 heteroatoms. The van der Waals surface area contributed by atoms with Crippen LogP contribution in [0.4, 0.5) is 0 Å². The molecule has 6 nitrogen and oxygen atoms in total. The van der Waals surface area contributed by atoms with Crippen LogP contribution in [-0.2, 0) is 21.2 Å². The van der Waals surface area contributed by atoms with Crippen molar-refractivity contribution in [2.75, 3.05) is 12.9 Å². The molecule has 3 aromatic carbocycles. The molecule has 34 heavy (non-hydrogen) atoms. The van der Waals surface area contributed by atoms with E-state index < -0.39 is 9.84 Å². The predicted molar refractivity (Wildman–Crippen MR) is 133 cm³/mol. The van der Waals surface area contributed by atoms with Crippen LogP contribution in [0.2, 0.25) is 0 Å². The first-order chi connectivity index (χ1) is 16.4. The standard InChI is InChI=1S/C27H28N2O4S/c1-21(33-25-11-7-4-8-12-25)17-18-32-20-23-19-27(29(28-23)24-9-5-3-6-10-24)22-13-15-26(16-14-22)34(2,30)31/h3-16,19,21H,17-18,20H2,1-2H3. The lowest BCUT2D eigenvalue weighted by atomic mass is 10.1. The van der Waals surface area contributed by atoms with E-state index in [1.165, 1.54) is 6.26 Å². The molecule has 0 aliphatic carbocycles. The average Bonchev–Trinajstić information content (AvgIpc) is 3.27. The van der Waals surface area contributed by atoms with Crippen LogP contribution in [0.3, 0.4) is 0 Å². The van der Waals surface area contributed by atoms with Crippen LogP contribution < -0.4 is 4.74 Å². The van der Waals surface area contributed by atoms with E-state index in [0.29, 0.717) is 13.2 Å². The highest BCUT2D eigenvalue weighted by atomic mass is 32.2. The van der Waals surface area contributed by atoms with Crippen molar-refractivity contribution in [2.45, 2.75) is 31.0 Å². The van der Waals surface area contributed by atoms with Gasteiger partial charge >= 0.3 is 0 Å². The maximum Gasteiger partial charge on any atom is 0.175 e. The second-order valence-electron chi connectivity index (χ2n) is 8.15. The predicted octanol–water partition coefficient (Wildman–Crippen LogP) is 5.32. The van der Waals surface area contributed by atoms with E-state index in [1.807, 2.05) is 78.3 Å². The minimum Gasteiger partial charge on any atom is -0.491 e. The molecule has 0 bridgehead atoms. The molecule has 4 rings (SSSR count). The van der Waals surface area contributed by atoms with Crippen molar-refractivity contribution < 1.29 is 17.9 Å². The van der Waals surface area contributed by atoms with Crippen molar-refractivity contribution in [1.82, 2.24) is 9.78 Å². The number of hydrogen-bond donors (Lipinski definition) is 0. The zero-order valence-corrected chi connectivity index (χ0v) is 20.1. The molecule has 1 aromatic heterocycles. The van der Waals surface area contributed by atoms with Gasteiger partial charge in [0.2, 0.25) is 0 Å². The van der Waals surface area contributed by atoms with Gasteiger partial charge in [0, 0.05) is 18.2 Å². The summed E-state index contributed by atoms with van der Waals surface area (Å²) in [7, 11) is -3.25. The van der Waals surface area contributed by atoms with Gasteiger partial charge < -0.3 is 9.47 Å². The Balaban J connectivity index is 1.45. The lowest BCUT2D eigenvalue weighted by Gasteiger charge is -2.14. The van der Waals surface area contributed by atoms with E-state index in [-0.39, 0.29) is 11.0 Å². The topological polar surface area (TPSA) is 70.4 Å². The monoisotopic (exact) mass is 476 g/mol. The van der Waals surface area contributed by atoms with E-state index in [4.69, 9.17) is 14.6 Å². The average molecular weight is 477 g/mol. The van der Waals surface area contributed by atoms with E-state index >= 15 is 0 Å². The quantitative estimate of drug-likeness (QED) is 0.290. The highest BCUT2D eigenvalue weighted by Crippen LogP contribution is 2.26. The third kappa shape index (κ3) is 6.12. The third-order valence-corrected chi connectivity index (χ3v) is 6.47. The van der Waals surface area contributed by atoms with Gasteiger partial charge in [-0.05, 0) is 49.4 Å². The summed E-state index contributed by atoms with van der Waals surface area (Å²) in [6, 6.07) is 28.4. The summed E-state index contributed by atoms with van der Waals surface area (Å²) in [5, 5.41) is 4.75. The molecular weight excluding hydrogens is 448 g/mol. The van der Waals surface area contributed by atoms with Crippen LogP contribution in [0.15, 0.2) is 95.9 Å². The molecule has 0 saturated heterocycles. The third-order valence-electron chi connectivity index (χ3n) is 5.34. The lowest BCUT2D eigenvalue weighted by molar-refractivity contribution is 0.0857. The zero-order valence-electron chi connectivity index (χ0n) is 19.3. The first kappa shape index (κ1) is 23.7.